The summed E-state index contributed by atoms with van der Waals surface area (Å²) in [5.74, 6) is 0. The molecule has 0 amide bonds. The van der Waals surface area contributed by atoms with Crippen LogP contribution in [0.25, 0.3) is 0 Å². The van der Waals surface area contributed by atoms with Gasteiger partial charge in [-0.25, -0.2) is 8.42 Å². The van der Waals surface area contributed by atoms with E-state index in [2.05, 4.69) is 72.0 Å². The topological polar surface area (TPSA) is 70.3 Å². The Morgan fingerprint density at radius 1 is 0.929 bits per heavy atom. The summed E-state index contributed by atoms with van der Waals surface area (Å²) in [6.07, 6.45) is 0. The molecule has 0 saturated carbocycles. The zero-order valence-corrected chi connectivity index (χ0v) is 21.6. The molecule has 0 atom stereocenters. The molecule has 1 heterocycles. The van der Waals surface area contributed by atoms with Gasteiger partial charge in [0.05, 0.1) is 10.3 Å². The van der Waals surface area contributed by atoms with Gasteiger partial charge in [0.25, 0.3) is 0 Å². The number of halogens is 2. The largest absolute Gasteiger partial charge is 0.744 e. The Bertz CT molecular complexity index is 1010. The number of furan rings is 1. The second-order valence-electron chi connectivity index (χ2n) is 7.15. The molecule has 0 spiro atoms. The van der Waals surface area contributed by atoms with E-state index in [1.807, 2.05) is 6.92 Å². The van der Waals surface area contributed by atoms with Crippen molar-refractivity contribution in [3.8, 4) is 0 Å². The predicted molar refractivity (Wildman–Crippen MR) is 112 cm³/mol. The molecular weight excluding hydrogens is 571 g/mol. The molecule has 2 aromatic carbocycles. The van der Waals surface area contributed by atoms with Crippen molar-refractivity contribution in [2.24, 2.45) is 0 Å². The molecule has 3 rings (SSSR count). The normalized spacial score (nSPS) is 11.6. The number of aryl methyl sites for hydroxylation is 1. The fourth-order valence-electron chi connectivity index (χ4n) is 2.07. The molecule has 0 radical (unpaired) electrons. The van der Waals surface area contributed by atoms with Crippen molar-refractivity contribution in [3.05, 3.63) is 78.0 Å². The molecule has 8 heteroatoms. The van der Waals surface area contributed by atoms with Crippen LogP contribution in [0.3, 0.4) is 0 Å². The third-order valence-corrected chi connectivity index (χ3v) is 9.21. The van der Waals surface area contributed by atoms with Crippen molar-refractivity contribution < 1.29 is 38.6 Å². The van der Waals surface area contributed by atoms with Gasteiger partial charge < -0.3 is 8.97 Å². The lowest BCUT2D eigenvalue weighted by Crippen LogP contribution is -3.61. The van der Waals surface area contributed by atoms with E-state index in [0.29, 0.717) is 0 Å². The lowest BCUT2D eigenvalue weighted by molar-refractivity contribution is -0.617. The Labute approximate surface area is 186 Å². The van der Waals surface area contributed by atoms with Gasteiger partial charge in [-0.15, -0.1) is 0 Å². The van der Waals surface area contributed by atoms with Gasteiger partial charge in [0.1, 0.15) is 18.2 Å². The van der Waals surface area contributed by atoms with Crippen LogP contribution in [0.4, 0.5) is 0 Å². The highest BCUT2D eigenvalue weighted by Crippen LogP contribution is 2.08. The molecule has 0 fully saturated rings. The summed E-state index contributed by atoms with van der Waals surface area (Å²) in [6.45, 7) is 8.76. The van der Waals surface area contributed by atoms with Crippen LogP contribution in [0.1, 0.15) is 5.56 Å². The van der Waals surface area contributed by atoms with Crippen LogP contribution in [-0.2, 0) is 10.1 Å². The minimum atomic E-state index is -4.27. The Balaban J connectivity index is 0.000000221. The van der Waals surface area contributed by atoms with Crippen molar-refractivity contribution in [1.82, 2.24) is 0 Å². The second kappa shape index (κ2) is 9.71. The maximum atomic E-state index is 10.4. The first-order chi connectivity index (χ1) is 12.9. The minimum absolute atomic E-state index is 0.177. The Kier molecular flexibility index (Phi) is 8.09. The average molecular weight is 593 g/mol. The summed E-state index contributed by atoms with van der Waals surface area (Å²) in [4.78, 5) is -0.178. The van der Waals surface area contributed by atoms with Crippen LogP contribution in [-0.4, -0.2) is 21.0 Å². The lowest BCUT2D eigenvalue weighted by Gasteiger charge is -2.09. The van der Waals surface area contributed by atoms with Crippen molar-refractivity contribution >= 4 is 39.5 Å². The molecule has 1 aromatic heterocycles. The number of benzene rings is 2. The summed E-state index contributed by atoms with van der Waals surface area (Å²) >= 11 is 3.28. The molecule has 3 aromatic rings. The van der Waals surface area contributed by atoms with Crippen LogP contribution in [0, 0.1) is 14.3 Å². The molecule has 0 aliphatic heterocycles. The van der Waals surface area contributed by atoms with E-state index in [0.717, 1.165) is 10.0 Å². The molecule has 0 aliphatic rings. The summed E-state index contributed by atoms with van der Waals surface area (Å²) in [7, 11) is -5.56. The predicted octanol–water partition coefficient (Wildman–Crippen LogP) is 1.61. The fourth-order valence-corrected chi connectivity index (χ4v) is 6.05. The van der Waals surface area contributed by atoms with E-state index >= 15 is 0 Å². The van der Waals surface area contributed by atoms with Crippen molar-refractivity contribution in [2.75, 3.05) is 0 Å². The van der Waals surface area contributed by atoms with E-state index in [4.69, 9.17) is 4.42 Å². The van der Waals surface area contributed by atoms with Crippen LogP contribution in [0.2, 0.25) is 19.6 Å². The highest BCUT2D eigenvalue weighted by Gasteiger charge is 2.26. The standard InChI is InChI=1S/C13H15BrIOSi.C7H8O3S/c1-17(2,3)13-9-8-12(16-13)15-11-6-4-10(14)5-7-11;1-6-2-4-7(5-3-6)11(8,9)10/h4-9H,1-3H3;2-5H,1H3,(H,8,9,10)/q+1;/p-1. The minimum Gasteiger partial charge on any atom is -0.744 e. The quantitative estimate of drug-likeness (QED) is 0.262. The molecule has 0 saturated heterocycles. The molecule has 0 aliphatic carbocycles. The Hall–Kier alpha value is -0.943. The third-order valence-electron chi connectivity index (χ3n) is 3.63. The highest BCUT2D eigenvalue weighted by atomic mass is 127. The van der Waals surface area contributed by atoms with Crippen molar-refractivity contribution in [1.29, 1.82) is 0 Å². The Morgan fingerprint density at radius 3 is 1.96 bits per heavy atom. The van der Waals surface area contributed by atoms with Gasteiger partial charge in [0.2, 0.25) is 0 Å². The molecule has 150 valence electrons. The maximum Gasteiger partial charge on any atom is 0.400 e. The summed E-state index contributed by atoms with van der Waals surface area (Å²) in [6, 6.07) is 18.6. The second-order valence-corrected chi connectivity index (χ2v) is 17.3. The van der Waals surface area contributed by atoms with E-state index in [9.17, 15) is 13.0 Å². The SMILES string of the molecule is C[Si](C)(C)c1ccc([I+]c2ccc(Br)cc2)o1.Cc1ccc(S(=O)(=O)[O-])cc1. The molecule has 0 bridgehead atoms. The summed E-state index contributed by atoms with van der Waals surface area (Å²) < 4.78 is 40.8. The first kappa shape index (κ1) is 23.3. The number of rotatable bonds is 4. The van der Waals surface area contributed by atoms with Crippen LogP contribution < -0.4 is 26.6 Å². The Morgan fingerprint density at radius 2 is 1.50 bits per heavy atom. The van der Waals surface area contributed by atoms with E-state index in [-0.39, 0.29) is 26.1 Å². The zero-order chi connectivity index (χ0) is 20.9. The van der Waals surface area contributed by atoms with Crippen LogP contribution in [0.15, 0.2) is 74.4 Å². The van der Waals surface area contributed by atoms with Gasteiger partial charge in [-0.1, -0.05) is 53.3 Å². The van der Waals surface area contributed by atoms with Gasteiger partial charge >= 0.3 is 25.0 Å². The number of hydrogen-bond donors (Lipinski definition) is 0. The van der Waals surface area contributed by atoms with Gasteiger partial charge in [0, 0.05) is 10.5 Å². The maximum absolute atomic E-state index is 10.4. The lowest BCUT2D eigenvalue weighted by atomic mass is 10.2. The number of hydrogen-bond acceptors (Lipinski definition) is 4. The molecule has 28 heavy (non-hydrogen) atoms. The fraction of sp³-hybridized carbons (Fsp3) is 0.200. The third kappa shape index (κ3) is 7.47. The zero-order valence-electron chi connectivity index (χ0n) is 16.1. The van der Waals surface area contributed by atoms with E-state index < -0.39 is 18.2 Å². The first-order valence-corrected chi connectivity index (χ1v) is 16.3. The van der Waals surface area contributed by atoms with Crippen LogP contribution in [0.5, 0.6) is 0 Å². The van der Waals surface area contributed by atoms with Gasteiger partial charge in [-0.3, -0.25) is 0 Å². The highest BCUT2D eigenvalue weighted by molar-refractivity contribution is 9.10. The molecule has 4 nitrogen and oxygen atoms in total. The smallest absolute Gasteiger partial charge is 0.400 e. The molecule has 0 unspecified atom stereocenters. The van der Waals surface area contributed by atoms with E-state index in [1.165, 1.54) is 24.9 Å². The molecular formula is C20H22BrIO4SSi. The summed E-state index contributed by atoms with van der Waals surface area (Å²) in [5.41, 5.74) is 0.928. The van der Waals surface area contributed by atoms with Crippen molar-refractivity contribution in [2.45, 2.75) is 31.5 Å². The monoisotopic (exact) mass is 592 g/mol. The van der Waals surface area contributed by atoms with E-state index in [1.54, 1.807) is 12.1 Å². The van der Waals surface area contributed by atoms with Crippen molar-refractivity contribution in [3.63, 3.8) is 0 Å². The first-order valence-electron chi connectivity index (χ1n) is 8.48. The van der Waals surface area contributed by atoms with Crippen LogP contribution >= 0.6 is 15.9 Å². The van der Waals surface area contributed by atoms with Gasteiger partial charge in [-0.2, -0.15) is 0 Å². The summed E-state index contributed by atoms with van der Waals surface area (Å²) in [5, 5.41) is 1.21. The average Bonchev–Trinajstić information content (AvgIpc) is 3.06. The molecule has 0 N–H and O–H groups in total. The van der Waals surface area contributed by atoms with Gasteiger partial charge in [-0.05, 0) is 49.4 Å². The van der Waals surface area contributed by atoms with Gasteiger partial charge in [0.15, 0.2) is 3.57 Å².